The lowest BCUT2D eigenvalue weighted by atomic mass is 10.1. The van der Waals surface area contributed by atoms with E-state index >= 15 is 0 Å². The Bertz CT molecular complexity index is 820. The number of guanidine groups is 1. The van der Waals surface area contributed by atoms with Crippen LogP contribution in [0.25, 0.3) is 0 Å². The van der Waals surface area contributed by atoms with Crippen molar-refractivity contribution in [1.29, 1.82) is 0 Å². The molecule has 152 valence electrons. The minimum Gasteiger partial charge on any atom is -0.371 e. The van der Waals surface area contributed by atoms with Gasteiger partial charge in [-0.3, -0.25) is 0 Å². The van der Waals surface area contributed by atoms with E-state index in [9.17, 15) is 0 Å². The molecule has 2 aromatic rings. The highest BCUT2D eigenvalue weighted by Gasteiger charge is 2.35. The molecule has 1 aliphatic carbocycles. The summed E-state index contributed by atoms with van der Waals surface area (Å²) in [6.45, 7) is 5.20. The van der Waals surface area contributed by atoms with Gasteiger partial charge in [0.1, 0.15) is 6.04 Å². The van der Waals surface area contributed by atoms with Crippen molar-refractivity contribution in [2.75, 3.05) is 26.2 Å². The molecule has 2 saturated heterocycles. The number of hydrogen-bond donors (Lipinski definition) is 0. The zero-order valence-corrected chi connectivity index (χ0v) is 17.2. The number of likely N-dealkylation sites (tertiary alicyclic amines) is 2. The van der Waals surface area contributed by atoms with Gasteiger partial charge in [-0.15, -0.1) is 0 Å². The highest BCUT2D eigenvalue weighted by atomic mass is 16.5. The van der Waals surface area contributed by atoms with Crippen LogP contribution in [-0.2, 0) is 17.8 Å². The molecule has 0 radical (unpaired) electrons. The summed E-state index contributed by atoms with van der Waals surface area (Å²) in [4.78, 5) is 10.4. The standard InChI is InChI=1S/C25H31N3O/c1-2-10-20(11-3-1)19-29-23-18-21-12-4-5-13-22(21)24(23)26-25(27-14-6-7-15-27)28-16-8-9-17-28/h1-5,10-13,23-24H,6-9,14-19H2/t23-,24-/m1/s1. The maximum Gasteiger partial charge on any atom is 0.197 e. The molecule has 2 aliphatic heterocycles. The van der Waals surface area contributed by atoms with Gasteiger partial charge < -0.3 is 14.5 Å². The van der Waals surface area contributed by atoms with E-state index in [-0.39, 0.29) is 12.1 Å². The zero-order chi connectivity index (χ0) is 19.5. The molecule has 0 saturated carbocycles. The smallest absolute Gasteiger partial charge is 0.197 e. The first-order valence-electron chi connectivity index (χ1n) is 11.2. The summed E-state index contributed by atoms with van der Waals surface area (Å²) in [6.07, 6.45) is 6.17. The molecule has 29 heavy (non-hydrogen) atoms. The van der Waals surface area contributed by atoms with Crippen molar-refractivity contribution >= 4 is 5.96 Å². The number of aliphatic imine (C=N–C) groups is 1. The van der Waals surface area contributed by atoms with Crippen molar-refractivity contribution in [3.63, 3.8) is 0 Å². The summed E-state index contributed by atoms with van der Waals surface area (Å²) in [7, 11) is 0. The number of nitrogens with zero attached hydrogens (tertiary/aromatic N) is 3. The molecule has 2 atom stereocenters. The van der Waals surface area contributed by atoms with Crippen LogP contribution in [0, 0.1) is 0 Å². The first-order chi connectivity index (χ1) is 14.4. The largest absolute Gasteiger partial charge is 0.371 e. The Balaban J connectivity index is 1.43. The number of ether oxygens (including phenoxy) is 1. The van der Waals surface area contributed by atoms with E-state index in [1.807, 2.05) is 0 Å². The number of benzene rings is 2. The van der Waals surface area contributed by atoms with E-state index in [1.165, 1.54) is 48.3 Å². The zero-order valence-electron chi connectivity index (χ0n) is 17.2. The first-order valence-corrected chi connectivity index (χ1v) is 11.2. The van der Waals surface area contributed by atoms with E-state index in [0.29, 0.717) is 6.61 Å². The molecular formula is C25H31N3O. The summed E-state index contributed by atoms with van der Waals surface area (Å²) in [5.74, 6) is 1.22. The lowest BCUT2D eigenvalue weighted by Gasteiger charge is -2.30. The average molecular weight is 390 g/mol. The van der Waals surface area contributed by atoms with Gasteiger partial charge in [0.25, 0.3) is 0 Å². The SMILES string of the molecule is c1ccc(CO[C@@H]2Cc3ccccc3[C@H]2N=C(N2CCCC2)N2CCCC2)cc1. The van der Waals surface area contributed by atoms with Crippen molar-refractivity contribution in [2.24, 2.45) is 4.99 Å². The molecule has 4 heteroatoms. The van der Waals surface area contributed by atoms with Crippen molar-refractivity contribution in [1.82, 2.24) is 9.80 Å². The summed E-state index contributed by atoms with van der Waals surface area (Å²) >= 11 is 0. The normalized spacial score (nSPS) is 23.4. The van der Waals surface area contributed by atoms with Gasteiger partial charge in [0.15, 0.2) is 5.96 Å². The fourth-order valence-corrected chi connectivity index (χ4v) is 4.94. The molecule has 4 nitrogen and oxygen atoms in total. The van der Waals surface area contributed by atoms with Gasteiger partial charge in [-0.25, -0.2) is 4.99 Å². The Morgan fingerprint density at radius 1 is 0.828 bits per heavy atom. The second-order valence-corrected chi connectivity index (χ2v) is 8.50. The first kappa shape index (κ1) is 18.7. The second kappa shape index (κ2) is 8.58. The average Bonchev–Trinajstić information content (AvgIpc) is 3.53. The molecule has 0 spiro atoms. The number of rotatable bonds is 4. The summed E-state index contributed by atoms with van der Waals surface area (Å²) in [5.41, 5.74) is 3.97. The molecule has 2 fully saturated rings. The summed E-state index contributed by atoms with van der Waals surface area (Å²) < 4.78 is 6.47. The Kier molecular flexibility index (Phi) is 5.53. The molecule has 0 amide bonds. The molecule has 3 aliphatic rings. The third kappa shape index (κ3) is 4.04. The summed E-state index contributed by atoms with van der Waals surface area (Å²) in [5, 5.41) is 0. The third-order valence-electron chi connectivity index (χ3n) is 6.49. The number of hydrogen-bond acceptors (Lipinski definition) is 2. The van der Waals surface area contributed by atoms with E-state index in [1.54, 1.807) is 0 Å². The topological polar surface area (TPSA) is 28.1 Å². The Labute approximate surface area is 174 Å². The quantitative estimate of drug-likeness (QED) is 0.572. The Hall–Kier alpha value is -2.33. The minimum absolute atomic E-state index is 0.0890. The molecule has 0 N–H and O–H groups in total. The molecule has 2 heterocycles. The van der Waals surface area contributed by atoms with Crippen LogP contribution < -0.4 is 0 Å². The van der Waals surface area contributed by atoms with Crippen LogP contribution in [0.3, 0.4) is 0 Å². The Morgan fingerprint density at radius 3 is 2.14 bits per heavy atom. The van der Waals surface area contributed by atoms with E-state index < -0.39 is 0 Å². The molecule has 5 rings (SSSR count). The minimum atomic E-state index is 0.0890. The van der Waals surface area contributed by atoms with E-state index in [4.69, 9.17) is 9.73 Å². The Morgan fingerprint density at radius 2 is 1.45 bits per heavy atom. The van der Waals surface area contributed by atoms with Gasteiger partial charge >= 0.3 is 0 Å². The van der Waals surface area contributed by atoms with Crippen LogP contribution in [-0.4, -0.2) is 48.0 Å². The van der Waals surface area contributed by atoms with Gasteiger partial charge in [0.2, 0.25) is 0 Å². The van der Waals surface area contributed by atoms with E-state index in [2.05, 4.69) is 64.4 Å². The second-order valence-electron chi connectivity index (χ2n) is 8.50. The molecule has 2 aromatic carbocycles. The fourth-order valence-electron chi connectivity index (χ4n) is 4.94. The van der Waals surface area contributed by atoms with Gasteiger partial charge in [0.05, 0.1) is 12.7 Å². The van der Waals surface area contributed by atoms with E-state index in [0.717, 1.165) is 32.6 Å². The predicted octanol–water partition coefficient (Wildman–Crippen LogP) is 4.42. The van der Waals surface area contributed by atoms with Crippen LogP contribution in [0.15, 0.2) is 59.6 Å². The lowest BCUT2D eigenvalue weighted by Crippen LogP contribution is -2.42. The molecule has 0 aromatic heterocycles. The van der Waals surface area contributed by atoms with Crippen molar-refractivity contribution < 1.29 is 4.74 Å². The predicted molar refractivity (Wildman–Crippen MR) is 117 cm³/mol. The van der Waals surface area contributed by atoms with Gasteiger partial charge in [-0.1, -0.05) is 54.6 Å². The monoisotopic (exact) mass is 389 g/mol. The van der Waals surface area contributed by atoms with Crippen LogP contribution >= 0.6 is 0 Å². The maximum absolute atomic E-state index is 6.47. The molecule has 0 unspecified atom stereocenters. The highest BCUT2D eigenvalue weighted by Crippen LogP contribution is 2.37. The van der Waals surface area contributed by atoms with Gasteiger partial charge in [-0.05, 0) is 42.4 Å². The van der Waals surface area contributed by atoms with Crippen molar-refractivity contribution in [3.8, 4) is 0 Å². The van der Waals surface area contributed by atoms with Crippen molar-refractivity contribution in [2.45, 2.75) is 50.9 Å². The van der Waals surface area contributed by atoms with Crippen molar-refractivity contribution in [3.05, 3.63) is 71.3 Å². The molecule has 0 bridgehead atoms. The lowest BCUT2D eigenvalue weighted by molar-refractivity contribution is 0.0313. The van der Waals surface area contributed by atoms with Gasteiger partial charge in [0, 0.05) is 32.6 Å². The molecular weight excluding hydrogens is 358 g/mol. The maximum atomic E-state index is 6.47. The third-order valence-corrected chi connectivity index (χ3v) is 6.49. The fraction of sp³-hybridized carbons (Fsp3) is 0.480. The number of fused-ring (bicyclic) bond motifs is 1. The van der Waals surface area contributed by atoms with Gasteiger partial charge in [-0.2, -0.15) is 0 Å². The van der Waals surface area contributed by atoms with Crippen LogP contribution in [0.5, 0.6) is 0 Å². The van der Waals surface area contributed by atoms with Crippen LogP contribution in [0.1, 0.15) is 48.4 Å². The summed E-state index contributed by atoms with van der Waals surface area (Å²) in [6, 6.07) is 19.4. The highest BCUT2D eigenvalue weighted by molar-refractivity contribution is 5.81. The van der Waals surface area contributed by atoms with Crippen LogP contribution in [0.4, 0.5) is 0 Å². The van der Waals surface area contributed by atoms with Crippen LogP contribution in [0.2, 0.25) is 0 Å².